The minimum Gasteiger partial charge on any atom is -0.310 e. The van der Waals surface area contributed by atoms with Crippen LogP contribution < -0.4 is 16.4 Å². The van der Waals surface area contributed by atoms with Gasteiger partial charge in [-0.3, -0.25) is 0 Å². The summed E-state index contributed by atoms with van der Waals surface area (Å²) in [6, 6.07) is 43.6. The average Bonchev–Trinajstić information content (AvgIpc) is 3.63. The normalized spacial score (nSPS) is 15.0. The molecule has 0 amide bonds. The predicted molar refractivity (Wildman–Crippen MR) is 177 cm³/mol. The molecule has 0 fully saturated rings. The summed E-state index contributed by atoms with van der Waals surface area (Å²) in [6.45, 7) is 5.01. The fourth-order valence-corrected chi connectivity index (χ4v) is 9.13. The van der Waals surface area contributed by atoms with Crippen LogP contribution in [0.4, 0.5) is 0 Å². The Kier molecular flexibility index (Phi) is 3.56. The highest BCUT2D eigenvalue weighted by Gasteiger charge is 2.45. The number of hydrogen-bond donors (Lipinski definition) is 0. The number of para-hydroxylation sites is 3. The Balaban J connectivity index is 1.41. The van der Waals surface area contributed by atoms with Crippen LogP contribution in [0.5, 0.6) is 0 Å². The van der Waals surface area contributed by atoms with Crippen LogP contribution in [-0.4, -0.2) is 15.8 Å². The fraction of sp³-hybridized carbons (Fsp3) is 0.0769. The van der Waals surface area contributed by atoms with Gasteiger partial charge in [-0.2, -0.15) is 0 Å². The molecule has 2 nitrogen and oxygen atoms in total. The molecule has 0 saturated carbocycles. The summed E-state index contributed by atoms with van der Waals surface area (Å²) < 4.78 is 5.18. The number of nitrogens with zero attached hydrogens (tertiary/aromatic N) is 2. The Morgan fingerprint density at radius 2 is 1.21 bits per heavy atom. The molecule has 2 aliphatic heterocycles. The van der Waals surface area contributed by atoms with E-state index < -0.39 is 0 Å². The van der Waals surface area contributed by atoms with Crippen molar-refractivity contribution in [2.75, 3.05) is 0 Å². The molecule has 0 radical (unpaired) electrons. The molecule has 194 valence electrons. The monoisotopic (exact) mass is 532 g/mol. The molecule has 1 aliphatic carbocycles. The molecular formula is C39H25BN2. The lowest BCUT2D eigenvalue weighted by Gasteiger charge is -2.36. The van der Waals surface area contributed by atoms with Gasteiger partial charge in [-0.15, -0.1) is 0 Å². The van der Waals surface area contributed by atoms with Crippen molar-refractivity contribution in [3.8, 4) is 22.5 Å². The Labute approximate surface area is 243 Å². The zero-order valence-corrected chi connectivity index (χ0v) is 23.4. The van der Waals surface area contributed by atoms with E-state index in [1.165, 1.54) is 93.6 Å². The van der Waals surface area contributed by atoms with Gasteiger partial charge in [0, 0.05) is 43.9 Å². The fourth-order valence-electron chi connectivity index (χ4n) is 9.13. The lowest BCUT2D eigenvalue weighted by molar-refractivity contribution is 0.657. The molecule has 3 aliphatic rings. The maximum Gasteiger partial charge on any atom is 0.252 e. The van der Waals surface area contributed by atoms with E-state index in [-0.39, 0.29) is 12.1 Å². The molecule has 11 rings (SSSR count). The van der Waals surface area contributed by atoms with E-state index in [1.54, 1.807) is 0 Å². The van der Waals surface area contributed by atoms with E-state index in [1.807, 2.05) is 0 Å². The van der Waals surface area contributed by atoms with Crippen LogP contribution in [0.3, 0.4) is 0 Å². The van der Waals surface area contributed by atoms with Crippen LogP contribution >= 0.6 is 0 Å². The van der Waals surface area contributed by atoms with Crippen molar-refractivity contribution in [3.05, 3.63) is 126 Å². The molecule has 0 spiro atoms. The smallest absolute Gasteiger partial charge is 0.252 e. The van der Waals surface area contributed by atoms with Crippen molar-refractivity contribution in [2.24, 2.45) is 0 Å². The lowest BCUT2D eigenvalue weighted by Crippen LogP contribution is -2.59. The molecular weight excluding hydrogens is 507 g/mol. The van der Waals surface area contributed by atoms with E-state index in [9.17, 15) is 0 Å². The molecule has 0 atom stereocenters. The van der Waals surface area contributed by atoms with Crippen molar-refractivity contribution in [2.45, 2.75) is 19.3 Å². The summed E-state index contributed by atoms with van der Waals surface area (Å²) in [4.78, 5) is 0. The maximum atomic E-state index is 2.64. The zero-order chi connectivity index (χ0) is 27.5. The van der Waals surface area contributed by atoms with Crippen molar-refractivity contribution in [1.82, 2.24) is 9.13 Å². The Hall–Kier alpha value is -5.02. The first-order valence-corrected chi connectivity index (χ1v) is 15.0. The van der Waals surface area contributed by atoms with E-state index >= 15 is 0 Å². The van der Waals surface area contributed by atoms with Gasteiger partial charge in [0.05, 0.1) is 16.6 Å². The highest BCUT2D eigenvalue weighted by molar-refractivity contribution is 7.00. The molecule has 0 saturated heterocycles. The van der Waals surface area contributed by atoms with Crippen LogP contribution in [0.1, 0.15) is 25.0 Å². The summed E-state index contributed by atoms with van der Waals surface area (Å²) in [5.41, 5.74) is 17.8. The summed E-state index contributed by atoms with van der Waals surface area (Å²) >= 11 is 0. The highest BCUT2D eigenvalue weighted by atomic mass is 15.0. The van der Waals surface area contributed by atoms with Crippen molar-refractivity contribution in [3.63, 3.8) is 0 Å². The molecule has 4 heterocycles. The molecule has 6 aromatic carbocycles. The minimum absolute atomic E-state index is 0.111. The van der Waals surface area contributed by atoms with E-state index in [0.717, 1.165) is 0 Å². The molecule has 8 aromatic rings. The third-order valence-corrected chi connectivity index (χ3v) is 10.7. The van der Waals surface area contributed by atoms with Crippen LogP contribution in [0.25, 0.3) is 66.1 Å². The number of benzene rings is 6. The van der Waals surface area contributed by atoms with Gasteiger partial charge in [0.2, 0.25) is 0 Å². The Bertz CT molecular complexity index is 2560. The SMILES string of the molecule is CC1(C)c2ccccc2-c2ccc3c(c21)-n1c2ccccc2c2ccc4c(c21)B3c1cccc2c3ccccc3n-4c12. The summed E-state index contributed by atoms with van der Waals surface area (Å²) in [5.74, 6) is 0. The van der Waals surface area contributed by atoms with Crippen LogP contribution in [0.2, 0.25) is 0 Å². The third kappa shape index (κ3) is 2.19. The van der Waals surface area contributed by atoms with Gasteiger partial charge in [-0.05, 0) is 56.8 Å². The first kappa shape index (κ1) is 21.7. The van der Waals surface area contributed by atoms with Crippen LogP contribution in [0.15, 0.2) is 115 Å². The van der Waals surface area contributed by atoms with Gasteiger partial charge in [-0.1, -0.05) is 111 Å². The molecule has 42 heavy (non-hydrogen) atoms. The largest absolute Gasteiger partial charge is 0.310 e. The van der Waals surface area contributed by atoms with Crippen molar-refractivity contribution in [1.29, 1.82) is 0 Å². The second kappa shape index (κ2) is 6.88. The lowest BCUT2D eigenvalue weighted by atomic mass is 9.34. The quantitative estimate of drug-likeness (QED) is 0.181. The van der Waals surface area contributed by atoms with Gasteiger partial charge in [-0.25, -0.2) is 0 Å². The summed E-state index contributed by atoms with van der Waals surface area (Å²) in [7, 11) is 0. The molecule has 0 N–H and O–H groups in total. The number of hydrogen-bond acceptors (Lipinski definition) is 0. The van der Waals surface area contributed by atoms with Crippen LogP contribution in [-0.2, 0) is 5.41 Å². The zero-order valence-electron chi connectivity index (χ0n) is 23.4. The first-order valence-electron chi connectivity index (χ1n) is 15.0. The Morgan fingerprint density at radius 3 is 2.05 bits per heavy atom. The second-order valence-corrected chi connectivity index (χ2v) is 12.9. The summed E-state index contributed by atoms with van der Waals surface area (Å²) in [5, 5.41) is 5.34. The van der Waals surface area contributed by atoms with E-state index in [4.69, 9.17) is 0 Å². The average molecular weight is 532 g/mol. The minimum atomic E-state index is -0.111. The van der Waals surface area contributed by atoms with Crippen molar-refractivity contribution < 1.29 is 0 Å². The van der Waals surface area contributed by atoms with E-state index in [2.05, 4.69) is 138 Å². The Morgan fingerprint density at radius 1 is 0.524 bits per heavy atom. The topological polar surface area (TPSA) is 9.86 Å². The van der Waals surface area contributed by atoms with Gasteiger partial charge in [0.25, 0.3) is 6.71 Å². The van der Waals surface area contributed by atoms with Gasteiger partial charge < -0.3 is 9.13 Å². The first-order chi connectivity index (χ1) is 20.6. The number of aromatic nitrogens is 2. The van der Waals surface area contributed by atoms with Crippen LogP contribution in [0, 0.1) is 0 Å². The van der Waals surface area contributed by atoms with Gasteiger partial charge in [0.15, 0.2) is 0 Å². The molecule has 0 unspecified atom stereocenters. The number of rotatable bonds is 0. The third-order valence-electron chi connectivity index (χ3n) is 10.7. The van der Waals surface area contributed by atoms with Gasteiger partial charge >= 0.3 is 0 Å². The second-order valence-electron chi connectivity index (χ2n) is 12.9. The van der Waals surface area contributed by atoms with Crippen molar-refractivity contribution >= 4 is 66.7 Å². The van der Waals surface area contributed by atoms with Gasteiger partial charge in [0.1, 0.15) is 0 Å². The molecule has 3 heteroatoms. The summed E-state index contributed by atoms with van der Waals surface area (Å²) in [6.07, 6.45) is 0. The standard InChI is InChI=1S/C39H25BN2/c1-39(2)28-14-6-3-10-22(28)25-18-20-30-38(34(25)39)42-32-17-8-5-12-24(32)27-19-21-33-35(37(27)42)40(30)29-15-9-13-26-23-11-4-7-16-31(23)41(33)36(26)29/h3-21H,1-2H3. The highest BCUT2D eigenvalue weighted by Crippen LogP contribution is 2.52. The number of fused-ring (bicyclic) bond motifs is 15. The maximum absolute atomic E-state index is 2.64. The molecule has 0 bridgehead atoms. The molecule has 2 aromatic heterocycles. The van der Waals surface area contributed by atoms with E-state index in [0.29, 0.717) is 0 Å². The predicted octanol–water partition coefficient (Wildman–Crippen LogP) is 7.33.